The van der Waals surface area contributed by atoms with Crippen molar-refractivity contribution in [2.75, 3.05) is 32.0 Å². The fourth-order valence-electron chi connectivity index (χ4n) is 1.67. The van der Waals surface area contributed by atoms with Gasteiger partial charge in [0.1, 0.15) is 5.82 Å². The van der Waals surface area contributed by atoms with Gasteiger partial charge in [0.15, 0.2) is 0 Å². The third-order valence-electron chi connectivity index (χ3n) is 2.67. The van der Waals surface area contributed by atoms with Crippen LogP contribution in [0.25, 0.3) is 0 Å². The Morgan fingerprint density at radius 2 is 2.00 bits per heavy atom. The van der Waals surface area contributed by atoms with Crippen LogP contribution in [-0.2, 0) is 25.5 Å². The molecule has 1 rings (SSSR count). The van der Waals surface area contributed by atoms with E-state index in [0.29, 0.717) is 25.3 Å². The second-order valence-electron chi connectivity index (χ2n) is 4.43. The molecule has 0 fully saturated rings. The monoisotopic (exact) mass is 373 g/mol. The highest BCUT2D eigenvalue weighted by Crippen LogP contribution is 2.16. The number of nitrogens with two attached hydrogens (primary N) is 1. The average molecular weight is 374 g/mol. The Morgan fingerprint density at radius 1 is 1.32 bits per heavy atom. The molecular weight excluding hydrogens is 354 g/mol. The SMILES string of the molecule is CCOC(=O)CNCC(=O)OCCCc1cc(Br)cnc1N. The summed E-state index contributed by atoms with van der Waals surface area (Å²) in [7, 11) is 0. The van der Waals surface area contributed by atoms with Crippen LogP contribution in [0.2, 0.25) is 0 Å². The highest BCUT2D eigenvalue weighted by molar-refractivity contribution is 9.10. The summed E-state index contributed by atoms with van der Waals surface area (Å²) in [6, 6.07) is 1.89. The number of nitrogens with one attached hydrogen (secondary N) is 1. The van der Waals surface area contributed by atoms with Gasteiger partial charge < -0.3 is 15.2 Å². The molecule has 1 aromatic rings. The Morgan fingerprint density at radius 3 is 2.68 bits per heavy atom. The summed E-state index contributed by atoms with van der Waals surface area (Å²) < 4.78 is 10.6. The third-order valence-corrected chi connectivity index (χ3v) is 3.10. The molecule has 0 saturated carbocycles. The molecule has 0 aliphatic rings. The van der Waals surface area contributed by atoms with Crippen LogP contribution in [0, 0.1) is 0 Å². The molecule has 0 bridgehead atoms. The largest absolute Gasteiger partial charge is 0.465 e. The maximum Gasteiger partial charge on any atom is 0.319 e. The van der Waals surface area contributed by atoms with Gasteiger partial charge in [0.25, 0.3) is 0 Å². The fourth-order valence-corrected chi connectivity index (χ4v) is 2.05. The number of hydrogen-bond acceptors (Lipinski definition) is 7. The van der Waals surface area contributed by atoms with Crippen LogP contribution < -0.4 is 11.1 Å². The molecule has 7 nitrogen and oxygen atoms in total. The van der Waals surface area contributed by atoms with Crippen LogP contribution in [0.3, 0.4) is 0 Å². The van der Waals surface area contributed by atoms with Crippen LogP contribution in [0.4, 0.5) is 5.82 Å². The van der Waals surface area contributed by atoms with Crippen molar-refractivity contribution in [3.63, 3.8) is 0 Å². The number of ether oxygens (including phenoxy) is 2. The number of pyridine rings is 1. The predicted molar refractivity (Wildman–Crippen MR) is 85.1 cm³/mol. The molecule has 0 aliphatic heterocycles. The quantitative estimate of drug-likeness (QED) is 0.492. The highest BCUT2D eigenvalue weighted by atomic mass is 79.9. The number of aryl methyl sites for hydroxylation is 1. The third kappa shape index (κ3) is 7.37. The number of nitrogen functional groups attached to an aromatic ring is 1. The Kier molecular flexibility index (Phi) is 8.46. The van der Waals surface area contributed by atoms with Gasteiger partial charge in [-0.1, -0.05) is 0 Å². The Balaban J connectivity index is 2.15. The summed E-state index contributed by atoms with van der Waals surface area (Å²) in [5, 5.41) is 2.66. The number of aromatic nitrogens is 1. The summed E-state index contributed by atoms with van der Waals surface area (Å²) in [5.74, 6) is -0.330. The number of carbonyl (C=O) groups is 2. The van der Waals surface area contributed by atoms with Crippen LogP contribution in [0.15, 0.2) is 16.7 Å². The van der Waals surface area contributed by atoms with Gasteiger partial charge in [0, 0.05) is 10.7 Å². The van der Waals surface area contributed by atoms with E-state index in [1.807, 2.05) is 6.07 Å². The van der Waals surface area contributed by atoms with Crippen LogP contribution in [-0.4, -0.2) is 43.2 Å². The van der Waals surface area contributed by atoms with E-state index in [-0.39, 0.29) is 19.7 Å². The topological polar surface area (TPSA) is 104 Å². The minimum atomic E-state index is -0.412. The number of rotatable bonds is 9. The maximum atomic E-state index is 11.4. The van der Waals surface area contributed by atoms with Gasteiger partial charge in [-0.3, -0.25) is 14.9 Å². The molecule has 22 heavy (non-hydrogen) atoms. The fraction of sp³-hybridized carbons (Fsp3) is 0.500. The minimum Gasteiger partial charge on any atom is -0.465 e. The Bertz CT molecular complexity index is 511. The lowest BCUT2D eigenvalue weighted by Crippen LogP contribution is -2.30. The van der Waals surface area contributed by atoms with E-state index in [1.165, 1.54) is 0 Å². The summed E-state index contributed by atoms with van der Waals surface area (Å²) in [4.78, 5) is 26.5. The van der Waals surface area contributed by atoms with Gasteiger partial charge in [-0.15, -0.1) is 0 Å². The smallest absolute Gasteiger partial charge is 0.319 e. The lowest BCUT2D eigenvalue weighted by Gasteiger charge is -2.07. The van der Waals surface area contributed by atoms with E-state index in [0.717, 1.165) is 10.0 Å². The molecule has 0 aromatic carbocycles. The number of nitrogens with zero attached hydrogens (tertiary/aromatic N) is 1. The van der Waals surface area contributed by atoms with Crippen molar-refractivity contribution in [1.29, 1.82) is 0 Å². The van der Waals surface area contributed by atoms with E-state index in [1.54, 1.807) is 13.1 Å². The van der Waals surface area contributed by atoms with Gasteiger partial charge in [-0.2, -0.15) is 0 Å². The van der Waals surface area contributed by atoms with Crippen molar-refractivity contribution in [1.82, 2.24) is 10.3 Å². The maximum absolute atomic E-state index is 11.4. The predicted octanol–water partition coefficient (Wildman–Crippen LogP) is 1.05. The molecule has 0 amide bonds. The summed E-state index contributed by atoms with van der Waals surface area (Å²) in [6.07, 6.45) is 2.95. The summed E-state index contributed by atoms with van der Waals surface area (Å²) in [5.41, 5.74) is 6.66. The van der Waals surface area contributed by atoms with Crippen molar-refractivity contribution >= 4 is 33.7 Å². The van der Waals surface area contributed by atoms with E-state index in [9.17, 15) is 9.59 Å². The first-order chi connectivity index (χ1) is 10.5. The molecule has 1 aromatic heterocycles. The summed E-state index contributed by atoms with van der Waals surface area (Å²) >= 11 is 3.33. The van der Waals surface area contributed by atoms with E-state index >= 15 is 0 Å². The summed E-state index contributed by atoms with van der Waals surface area (Å²) in [6.45, 7) is 2.28. The van der Waals surface area contributed by atoms with Crippen LogP contribution >= 0.6 is 15.9 Å². The molecule has 1 heterocycles. The van der Waals surface area contributed by atoms with Crippen molar-refractivity contribution in [3.8, 4) is 0 Å². The second kappa shape index (κ2) is 10.1. The first-order valence-corrected chi connectivity index (χ1v) is 7.74. The number of carbonyl (C=O) groups excluding carboxylic acids is 2. The first-order valence-electron chi connectivity index (χ1n) is 6.94. The molecule has 0 radical (unpaired) electrons. The van der Waals surface area contributed by atoms with Gasteiger partial charge in [0.05, 0.1) is 26.3 Å². The standard InChI is InChI=1S/C14H20BrN3O4/c1-2-21-12(19)8-17-9-13(20)22-5-3-4-10-6-11(15)7-18-14(10)16/h6-7,17H,2-5,8-9H2,1H3,(H2,16,18). The number of halogens is 1. The lowest BCUT2D eigenvalue weighted by atomic mass is 10.1. The van der Waals surface area contributed by atoms with Crippen molar-refractivity contribution in [2.45, 2.75) is 19.8 Å². The number of esters is 2. The molecule has 0 saturated heterocycles. The zero-order chi connectivity index (χ0) is 16.4. The lowest BCUT2D eigenvalue weighted by molar-refractivity contribution is -0.143. The van der Waals surface area contributed by atoms with Crippen molar-refractivity contribution in [2.24, 2.45) is 0 Å². The van der Waals surface area contributed by atoms with Gasteiger partial charge >= 0.3 is 11.9 Å². The zero-order valence-electron chi connectivity index (χ0n) is 12.4. The zero-order valence-corrected chi connectivity index (χ0v) is 14.0. The first kappa shape index (κ1) is 18.4. The van der Waals surface area contributed by atoms with Gasteiger partial charge in [-0.05, 0) is 47.3 Å². The molecule has 122 valence electrons. The minimum absolute atomic E-state index is 0.0107. The molecule has 8 heteroatoms. The van der Waals surface area contributed by atoms with Crippen LogP contribution in [0.5, 0.6) is 0 Å². The molecular formula is C14H20BrN3O4. The second-order valence-corrected chi connectivity index (χ2v) is 5.35. The Hall–Kier alpha value is -1.67. The van der Waals surface area contributed by atoms with E-state index in [4.69, 9.17) is 15.2 Å². The number of hydrogen-bond donors (Lipinski definition) is 2. The molecule has 0 aliphatic carbocycles. The van der Waals surface area contributed by atoms with Crippen LogP contribution in [0.1, 0.15) is 18.9 Å². The molecule has 0 spiro atoms. The number of anilines is 1. The highest BCUT2D eigenvalue weighted by Gasteiger charge is 2.06. The Labute approximate surface area is 137 Å². The molecule has 0 atom stereocenters. The normalized spacial score (nSPS) is 10.3. The average Bonchev–Trinajstić information content (AvgIpc) is 2.47. The van der Waals surface area contributed by atoms with Crippen molar-refractivity contribution in [3.05, 3.63) is 22.3 Å². The van der Waals surface area contributed by atoms with E-state index in [2.05, 4.69) is 26.2 Å². The van der Waals surface area contributed by atoms with E-state index < -0.39 is 11.9 Å². The van der Waals surface area contributed by atoms with Crippen molar-refractivity contribution < 1.29 is 19.1 Å². The molecule has 0 unspecified atom stereocenters. The van der Waals surface area contributed by atoms with Gasteiger partial charge in [0.2, 0.25) is 0 Å². The molecule has 3 N–H and O–H groups in total. The van der Waals surface area contributed by atoms with Gasteiger partial charge in [-0.25, -0.2) is 4.98 Å².